The molecule has 2 amide bonds. The van der Waals surface area contributed by atoms with Crippen LogP contribution in [-0.2, 0) is 15.1 Å². The highest BCUT2D eigenvalue weighted by atomic mass is 35.5. The zero-order valence-electron chi connectivity index (χ0n) is 29.0. The summed E-state index contributed by atoms with van der Waals surface area (Å²) >= 11 is 6.41. The molecule has 19 heteroatoms. The minimum absolute atomic E-state index is 0.0220. The Morgan fingerprint density at radius 1 is 1.13 bits per heavy atom. The molecule has 4 aromatic rings. The number of nitrogens with zero attached hydrogens (tertiary/aromatic N) is 8. The van der Waals surface area contributed by atoms with Crippen LogP contribution in [0.25, 0.3) is 16.9 Å². The molecule has 3 atom stereocenters. The number of alkyl halides is 5. The van der Waals surface area contributed by atoms with Gasteiger partial charge in [0.15, 0.2) is 17.3 Å². The van der Waals surface area contributed by atoms with Crippen LogP contribution in [0.4, 0.5) is 26.7 Å². The van der Waals surface area contributed by atoms with Crippen molar-refractivity contribution in [1.82, 2.24) is 40.0 Å². The summed E-state index contributed by atoms with van der Waals surface area (Å²) in [7, 11) is 0. The summed E-state index contributed by atoms with van der Waals surface area (Å²) < 4.78 is 75.2. The average molecular weight is 763 g/mol. The molecule has 2 aliphatic rings. The van der Waals surface area contributed by atoms with Crippen LogP contribution in [0.2, 0.25) is 5.02 Å². The van der Waals surface area contributed by atoms with Crippen LogP contribution < -0.4 is 11.1 Å². The Morgan fingerprint density at radius 2 is 1.83 bits per heavy atom. The molecule has 282 valence electrons. The van der Waals surface area contributed by atoms with E-state index in [1.54, 1.807) is 29.6 Å². The van der Waals surface area contributed by atoms with Crippen molar-refractivity contribution in [1.29, 1.82) is 0 Å². The van der Waals surface area contributed by atoms with Crippen molar-refractivity contribution in [3.05, 3.63) is 77.0 Å². The van der Waals surface area contributed by atoms with Gasteiger partial charge in [0.05, 0.1) is 29.0 Å². The van der Waals surface area contributed by atoms with Gasteiger partial charge in [-0.05, 0) is 54.9 Å². The molecule has 3 N–H and O–H groups in total. The lowest BCUT2D eigenvalue weighted by Gasteiger charge is -2.35. The van der Waals surface area contributed by atoms with Crippen LogP contribution in [-0.4, -0.2) is 71.4 Å². The molecule has 6 rings (SSSR count). The van der Waals surface area contributed by atoms with Crippen molar-refractivity contribution < 1.29 is 36.3 Å². The second kappa shape index (κ2) is 14.0. The number of ether oxygens (including phenoxy) is 1. The van der Waals surface area contributed by atoms with E-state index >= 15 is 0 Å². The maximum absolute atomic E-state index is 14.9. The third-order valence-corrected chi connectivity index (χ3v) is 9.18. The van der Waals surface area contributed by atoms with Crippen LogP contribution in [0.15, 0.2) is 60.0 Å². The normalized spacial score (nSPS) is 19.0. The molecule has 1 aliphatic carbocycles. The summed E-state index contributed by atoms with van der Waals surface area (Å²) in [6, 6.07) is 7.91. The third kappa shape index (κ3) is 7.82. The Hall–Kier alpha value is -5.13. The number of alkyl carbamates (subject to hydrolysis) is 1. The van der Waals surface area contributed by atoms with Gasteiger partial charge in [-0.2, -0.15) is 18.3 Å². The van der Waals surface area contributed by atoms with Gasteiger partial charge in [-0.25, -0.2) is 32.9 Å². The molecular formula is C34H36ClF5N10O3. The standard InChI is InChI=1S/C34H36ClF5N10O3/c1-18(34(38,39)40)44-31(52)53-15-26(20-7-12-23(35)25(13-20)50-28(27(36)37)42-17-43-50)49-29(51)33(45-30(49)41,16-32(2,3)4)21-8-5-19(6-9-21)24-14-48(47-46-24)22-10-11-22/h5-9,12-14,17-18,22,26-27H,10-11,15-16H2,1-4H3,(H2,41,45)(H,44,52)/t18-,26+,33+/m0/s1. The highest BCUT2D eigenvalue weighted by molar-refractivity contribution is 6.32. The monoisotopic (exact) mass is 762 g/mol. The Bertz CT molecular complexity index is 2020. The third-order valence-electron chi connectivity index (χ3n) is 8.86. The number of rotatable bonds is 11. The molecule has 0 spiro atoms. The second-order valence-corrected chi connectivity index (χ2v) is 14.6. The molecule has 13 nitrogen and oxygen atoms in total. The van der Waals surface area contributed by atoms with Crippen molar-refractivity contribution in [3.63, 3.8) is 0 Å². The van der Waals surface area contributed by atoms with Crippen molar-refractivity contribution >= 4 is 29.6 Å². The Labute approximate surface area is 305 Å². The van der Waals surface area contributed by atoms with Crippen LogP contribution >= 0.6 is 11.6 Å². The number of aliphatic imine (C=N–C) groups is 1. The van der Waals surface area contributed by atoms with E-state index < -0.39 is 60.1 Å². The molecule has 53 heavy (non-hydrogen) atoms. The number of nitrogens with one attached hydrogen (secondary N) is 1. The molecule has 1 fully saturated rings. The highest BCUT2D eigenvalue weighted by Crippen LogP contribution is 2.45. The van der Waals surface area contributed by atoms with Crippen molar-refractivity contribution in [2.45, 2.75) is 83.2 Å². The van der Waals surface area contributed by atoms with Crippen molar-refractivity contribution in [3.8, 4) is 16.9 Å². The molecule has 2 aromatic carbocycles. The first kappa shape index (κ1) is 37.6. The van der Waals surface area contributed by atoms with Gasteiger partial charge >= 0.3 is 12.3 Å². The van der Waals surface area contributed by atoms with Gasteiger partial charge < -0.3 is 15.8 Å². The molecule has 2 aromatic heterocycles. The first-order valence-corrected chi connectivity index (χ1v) is 17.0. The van der Waals surface area contributed by atoms with Crippen LogP contribution in [0.1, 0.15) is 82.4 Å². The lowest BCUT2D eigenvalue weighted by atomic mass is 9.75. The second-order valence-electron chi connectivity index (χ2n) is 14.2. The van der Waals surface area contributed by atoms with Gasteiger partial charge in [-0.1, -0.05) is 67.9 Å². The van der Waals surface area contributed by atoms with E-state index in [9.17, 15) is 31.5 Å². The van der Waals surface area contributed by atoms with Gasteiger partial charge in [-0.15, -0.1) is 5.10 Å². The number of hydrogen-bond donors (Lipinski definition) is 2. The van der Waals surface area contributed by atoms with E-state index in [-0.39, 0.29) is 28.7 Å². The zero-order chi connectivity index (χ0) is 38.5. The van der Waals surface area contributed by atoms with Crippen molar-refractivity contribution in [2.24, 2.45) is 16.1 Å². The van der Waals surface area contributed by atoms with E-state index in [0.717, 1.165) is 41.2 Å². The number of benzene rings is 2. The maximum atomic E-state index is 14.9. The summed E-state index contributed by atoms with van der Waals surface area (Å²) in [6.45, 7) is 5.76. The minimum atomic E-state index is -4.76. The largest absolute Gasteiger partial charge is 0.447 e. The van der Waals surface area contributed by atoms with Gasteiger partial charge in [0, 0.05) is 5.56 Å². The molecule has 3 heterocycles. The summed E-state index contributed by atoms with van der Waals surface area (Å²) in [5.74, 6) is -1.63. The fraction of sp³-hybridized carbons (Fsp3) is 0.441. The number of guanidine groups is 1. The fourth-order valence-electron chi connectivity index (χ4n) is 6.18. The summed E-state index contributed by atoms with van der Waals surface area (Å²) in [4.78, 5) is 37.0. The molecule has 1 saturated carbocycles. The predicted molar refractivity (Wildman–Crippen MR) is 182 cm³/mol. The topological polar surface area (TPSA) is 158 Å². The summed E-state index contributed by atoms with van der Waals surface area (Å²) in [5, 5.41) is 14.1. The van der Waals surface area contributed by atoms with E-state index in [1.807, 2.05) is 31.6 Å². The number of amides is 2. The number of nitrogens with two attached hydrogens (primary N) is 1. The Kier molecular flexibility index (Phi) is 9.95. The predicted octanol–water partition coefficient (Wildman–Crippen LogP) is 6.66. The average Bonchev–Trinajstić information content (AvgIpc) is 3.49. The van der Waals surface area contributed by atoms with Crippen LogP contribution in [0.3, 0.4) is 0 Å². The molecule has 0 saturated heterocycles. The molecule has 0 radical (unpaired) electrons. The molecule has 0 bridgehead atoms. The number of aromatic nitrogens is 6. The quantitative estimate of drug-likeness (QED) is 0.161. The number of halogens is 6. The van der Waals surface area contributed by atoms with Gasteiger partial charge in [-0.3, -0.25) is 9.69 Å². The Balaban J connectivity index is 1.39. The number of hydrogen-bond acceptors (Lipinski definition) is 9. The smallest absolute Gasteiger partial charge is 0.408 e. The fourth-order valence-corrected chi connectivity index (χ4v) is 6.37. The molecular weight excluding hydrogens is 727 g/mol. The van der Waals surface area contributed by atoms with E-state index in [1.165, 1.54) is 18.2 Å². The highest BCUT2D eigenvalue weighted by Gasteiger charge is 2.53. The minimum Gasteiger partial charge on any atom is -0.447 e. The SMILES string of the molecule is C[C@H](NC(=O)OC[C@H](c1ccc(Cl)c(-n2ncnc2C(F)F)c1)N1C(=O)[C@@](CC(C)(C)C)(c2ccc(-c3cn(C4CC4)nn3)cc2)N=C1N)C(F)(F)F. The van der Waals surface area contributed by atoms with Gasteiger partial charge in [0.25, 0.3) is 12.3 Å². The maximum Gasteiger partial charge on any atom is 0.408 e. The Morgan fingerprint density at radius 3 is 2.45 bits per heavy atom. The molecule has 0 unspecified atom stereocenters. The first-order valence-electron chi connectivity index (χ1n) is 16.6. The van der Waals surface area contributed by atoms with E-state index in [0.29, 0.717) is 17.3 Å². The summed E-state index contributed by atoms with van der Waals surface area (Å²) in [6.07, 6.45) is -4.23. The van der Waals surface area contributed by atoms with Crippen LogP contribution in [0, 0.1) is 5.41 Å². The molecule has 1 aliphatic heterocycles. The van der Waals surface area contributed by atoms with Crippen LogP contribution in [0.5, 0.6) is 0 Å². The lowest BCUT2D eigenvalue weighted by Crippen LogP contribution is -2.48. The lowest BCUT2D eigenvalue weighted by molar-refractivity contribution is -0.150. The van der Waals surface area contributed by atoms with E-state index in [4.69, 9.17) is 27.1 Å². The van der Waals surface area contributed by atoms with E-state index in [2.05, 4.69) is 20.4 Å². The van der Waals surface area contributed by atoms with Gasteiger partial charge in [0.2, 0.25) is 0 Å². The summed E-state index contributed by atoms with van der Waals surface area (Å²) in [5.41, 5.74) is 6.42. The number of carbonyl (C=O) groups is 2. The number of carbonyl (C=O) groups excluding carboxylic acids is 2. The zero-order valence-corrected chi connectivity index (χ0v) is 29.7. The van der Waals surface area contributed by atoms with Gasteiger partial charge in [0.1, 0.15) is 24.7 Å². The first-order chi connectivity index (χ1) is 24.9. The van der Waals surface area contributed by atoms with Crippen molar-refractivity contribution in [2.75, 3.05) is 6.61 Å².